The SMILES string of the molecule is OC[C@@H]1C[C@@H](F)[C@H](n2cnc3c(F)ncnc32)O1. The van der Waals surface area contributed by atoms with Crippen molar-refractivity contribution in [1.82, 2.24) is 19.5 Å². The van der Waals surface area contributed by atoms with Gasteiger partial charge in [-0.25, -0.2) is 19.3 Å². The molecule has 0 bridgehead atoms. The number of rotatable bonds is 2. The van der Waals surface area contributed by atoms with Crippen molar-refractivity contribution >= 4 is 11.2 Å². The second-order valence-electron chi connectivity index (χ2n) is 4.07. The van der Waals surface area contributed by atoms with Gasteiger partial charge in [0, 0.05) is 6.42 Å². The van der Waals surface area contributed by atoms with Crippen LogP contribution in [0.5, 0.6) is 0 Å². The van der Waals surface area contributed by atoms with E-state index in [9.17, 15) is 8.78 Å². The fourth-order valence-electron chi connectivity index (χ4n) is 2.07. The molecule has 0 aromatic carbocycles. The summed E-state index contributed by atoms with van der Waals surface area (Å²) in [5.74, 6) is -0.758. The van der Waals surface area contributed by atoms with E-state index in [1.165, 1.54) is 10.9 Å². The predicted molar refractivity (Wildman–Crippen MR) is 55.8 cm³/mol. The molecule has 1 fully saturated rings. The lowest BCUT2D eigenvalue weighted by molar-refractivity contribution is -0.0351. The second kappa shape index (κ2) is 4.21. The van der Waals surface area contributed by atoms with Gasteiger partial charge < -0.3 is 9.84 Å². The van der Waals surface area contributed by atoms with Crippen LogP contribution in [-0.4, -0.2) is 43.5 Å². The zero-order chi connectivity index (χ0) is 12.7. The summed E-state index contributed by atoms with van der Waals surface area (Å²) in [6, 6.07) is 0. The smallest absolute Gasteiger partial charge is 0.244 e. The molecule has 2 aromatic rings. The Morgan fingerprint density at radius 2 is 2.28 bits per heavy atom. The van der Waals surface area contributed by atoms with Crippen LogP contribution in [0.2, 0.25) is 0 Å². The molecule has 18 heavy (non-hydrogen) atoms. The van der Waals surface area contributed by atoms with Crippen molar-refractivity contribution in [2.45, 2.75) is 24.9 Å². The number of aliphatic hydroxyl groups is 1. The quantitative estimate of drug-likeness (QED) is 0.796. The number of alkyl halides is 1. The molecule has 0 aliphatic carbocycles. The highest BCUT2D eigenvalue weighted by Gasteiger charge is 2.37. The van der Waals surface area contributed by atoms with Crippen LogP contribution >= 0.6 is 0 Å². The third kappa shape index (κ3) is 1.65. The lowest BCUT2D eigenvalue weighted by Gasteiger charge is -2.15. The second-order valence-corrected chi connectivity index (χ2v) is 4.07. The third-order valence-electron chi connectivity index (χ3n) is 2.92. The van der Waals surface area contributed by atoms with E-state index in [1.54, 1.807) is 0 Å². The molecule has 3 heterocycles. The topological polar surface area (TPSA) is 73.1 Å². The van der Waals surface area contributed by atoms with Crippen LogP contribution in [0.15, 0.2) is 12.7 Å². The van der Waals surface area contributed by atoms with Crippen LogP contribution in [-0.2, 0) is 4.74 Å². The van der Waals surface area contributed by atoms with Gasteiger partial charge in [0.2, 0.25) is 5.95 Å². The number of hydrogen-bond acceptors (Lipinski definition) is 5. The van der Waals surface area contributed by atoms with Gasteiger partial charge in [-0.05, 0) is 0 Å². The molecule has 0 spiro atoms. The number of imidazole rings is 1. The van der Waals surface area contributed by atoms with E-state index in [0.29, 0.717) is 0 Å². The van der Waals surface area contributed by atoms with E-state index in [-0.39, 0.29) is 24.2 Å². The Bertz CT molecular complexity index is 576. The molecule has 0 saturated carbocycles. The average Bonchev–Trinajstić information content (AvgIpc) is 2.93. The summed E-state index contributed by atoms with van der Waals surface area (Å²) in [6.45, 7) is -0.257. The Morgan fingerprint density at radius 3 is 3.00 bits per heavy atom. The number of aliphatic hydroxyl groups excluding tert-OH is 1. The van der Waals surface area contributed by atoms with E-state index in [4.69, 9.17) is 9.84 Å². The minimum absolute atomic E-state index is 0.0271. The van der Waals surface area contributed by atoms with Gasteiger partial charge in [0.15, 0.2) is 17.4 Å². The monoisotopic (exact) mass is 256 g/mol. The van der Waals surface area contributed by atoms with Crippen molar-refractivity contribution in [3.63, 3.8) is 0 Å². The molecule has 1 N–H and O–H groups in total. The highest BCUT2D eigenvalue weighted by Crippen LogP contribution is 2.32. The summed E-state index contributed by atoms with van der Waals surface area (Å²) < 4.78 is 33.8. The molecule has 1 saturated heterocycles. The minimum atomic E-state index is -1.29. The maximum absolute atomic E-state index is 13.8. The molecule has 1 aliphatic rings. The summed E-state index contributed by atoms with van der Waals surface area (Å²) in [7, 11) is 0. The van der Waals surface area contributed by atoms with Crippen molar-refractivity contribution in [1.29, 1.82) is 0 Å². The number of hydrogen-bond donors (Lipinski definition) is 1. The highest BCUT2D eigenvalue weighted by atomic mass is 19.1. The number of aromatic nitrogens is 4. The first-order valence-corrected chi connectivity index (χ1v) is 5.44. The van der Waals surface area contributed by atoms with Crippen LogP contribution in [0.1, 0.15) is 12.6 Å². The Kier molecular flexibility index (Phi) is 2.67. The van der Waals surface area contributed by atoms with Gasteiger partial charge in [-0.15, -0.1) is 0 Å². The largest absolute Gasteiger partial charge is 0.394 e. The van der Waals surface area contributed by atoms with Crippen LogP contribution in [0.4, 0.5) is 8.78 Å². The van der Waals surface area contributed by atoms with Crippen LogP contribution < -0.4 is 0 Å². The highest BCUT2D eigenvalue weighted by molar-refractivity contribution is 5.69. The Labute approximate surface area is 100 Å². The minimum Gasteiger partial charge on any atom is -0.394 e. The van der Waals surface area contributed by atoms with Crippen molar-refractivity contribution in [3.05, 3.63) is 18.6 Å². The molecule has 8 heteroatoms. The lowest BCUT2D eigenvalue weighted by atomic mass is 10.2. The van der Waals surface area contributed by atoms with Crippen molar-refractivity contribution in [2.75, 3.05) is 6.61 Å². The summed E-state index contributed by atoms with van der Waals surface area (Å²) >= 11 is 0. The van der Waals surface area contributed by atoms with Crippen molar-refractivity contribution < 1.29 is 18.6 Å². The molecule has 0 unspecified atom stereocenters. The van der Waals surface area contributed by atoms with Gasteiger partial charge in [-0.1, -0.05) is 0 Å². The first-order chi connectivity index (χ1) is 8.70. The van der Waals surface area contributed by atoms with Gasteiger partial charge in [-0.3, -0.25) is 4.57 Å². The normalized spacial score (nSPS) is 28.1. The Balaban J connectivity index is 2.02. The predicted octanol–water partition coefficient (Wildman–Crippen LogP) is 0.583. The maximum atomic E-state index is 13.8. The first kappa shape index (κ1) is 11.4. The number of fused-ring (bicyclic) bond motifs is 1. The Hall–Kier alpha value is -1.67. The number of halogens is 2. The standard InChI is InChI=1S/C10H10F2N4O2/c11-6-1-5(2-17)18-10(6)16-4-15-7-8(12)13-3-14-9(7)16/h3-6,10,17H,1-2H2/t5-,6+,10+/m0/s1. The molecule has 3 rings (SSSR count). The molecule has 3 atom stereocenters. The first-order valence-electron chi connectivity index (χ1n) is 5.44. The maximum Gasteiger partial charge on any atom is 0.244 e. The van der Waals surface area contributed by atoms with E-state index < -0.39 is 24.5 Å². The van der Waals surface area contributed by atoms with Gasteiger partial charge in [0.1, 0.15) is 12.5 Å². The van der Waals surface area contributed by atoms with E-state index in [2.05, 4.69) is 15.0 Å². The average molecular weight is 256 g/mol. The summed E-state index contributed by atoms with van der Waals surface area (Å²) in [5, 5.41) is 8.95. The number of nitrogens with zero attached hydrogens (tertiary/aromatic N) is 4. The van der Waals surface area contributed by atoms with E-state index in [1.807, 2.05) is 0 Å². The zero-order valence-electron chi connectivity index (χ0n) is 9.20. The van der Waals surface area contributed by atoms with Crippen LogP contribution in [0, 0.1) is 5.95 Å². The Morgan fingerprint density at radius 1 is 1.44 bits per heavy atom. The fourth-order valence-corrected chi connectivity index (χ4v) is 2.07. The van der Waals surface area contributed by atoms with Gasteiger partial charge in [0.05, 0.1) is 19.0 Å². The fraction of sp³-hybridized carbons (Fsp3) is 0.500. The molecule has 1 aliphatic heterocycles. The summed E-state index contributed by atoms with van der Waals surface area (Å²) in [4.78, 5) is 11.0. The van der Waals surface area contributed by atoms with E-state index in [0.717, 1.165) is 6.33 Å². The van der Waals surface area contributed by atoms with Crippen molar-refractivity contribution in [2.24, 2.45) is 0 Å². The molecular weight excluding hydrogens is 246 g/mol. The van der Waals surface area contributed by atoms with Crippen LogP contribution in [0.3, 0.4) is 0 Å². The molecule has 6 nitrogen and oxygen atoms in total. The molecular formula is C10H10F2N4O2. The van der Waals surface area contributed by atoms with Gasteiger partial charge in [-0.2, -0.15) is 4.39 Å². The van der Waals surface area contributed by atoms with Crippen molar-refractivity contribution in [3.8, 4) is 0 Å². The zero-order valence-corrected chi connectivity index (χ0v) is 9.20. The van der Waals surface area contributed by atoms with Gasteiger partial charge in [0.25, 0.3) is 0 Å². The summed E-state index contributed by atoms with van der Waals surface area (Å²) in [5.41, 5.74) is 0.148. The van der Waals surface area contributed by atoms with E-state index >= 15 is 0 Å². The number of ether oxygens (including phenoxy) is 1. The van der Waals surface area contributed by atoms with Crippen LogP contribution in [0.25, 0.3) is 11.2 Å². The molecule has 2 aromatic heterocycles. The van der Waals surface area contributed by atoms with Gasteiger partial charge >= 0.3 is 0 Å². The molecule has 0 radical (unpaired) electrons. The lowest BCUT2D eigenvalue weighted by Crippen LogP contribution is -2.16. The third-order valence-corrected chi connectivity index (χ3v) is 2.92. The summed E-state index contributed by atoms with van der Waals surface area (Å²) in [6.07, 6.45) is -0.400. The molecule has 96 valence electrons. The molecule has 0 amide bonds.